The number of aliphatic hydroxyl groups excluding tert-OH is 3. The molecule has 794 valence electrons. The molecule has 47 heteroatoms. The molecule has 1 aromatic rings. The molecule has 0 aliphatic heterocycles. The second-order valence-electron chi connectivity index (χ2n) is 35.9. The summed E-state index contributed by atoms with van der Waals surface area (Å²) in [6, 6.07) is -1.19. The first-order valence-corrected chi connectivity index (χ1v) is 42.0. The van der Waals surface area contributed by atoms with Crippen LogP contribution in [0.3, 0.4) is 0 Å². The van der Waals surface area contributed by atoms with E-state index in [0.29, 0.717) is 57.6 Å². The zero-order chi connectivity index (χ0) is 173. The molecule has 1 aromatic carbocycles. The van der Waals surface area contributed by atoms with Crippen LogP contribution in [0.15, 0.2) is 45.7 Å². The lowest BCUT2D eigenvalue weighted by Crippen LogP contribution is -2.56. The monoisotopic (exact) mass is 1980 g/mol. The van der Waals surface area contributed by atoms with Crippen LogP contribution in [-0.2, 0) is 38.0 Å². The molecule has 123 heavy (non-hydrogen) atoms. The number of nitrogens with one attached hydrogen (secondary N) is 6. The number of carbonyl (C=O) groups excluding carboxylic acids is 5. The van der Waals surface area contributed by atoms with Gasteiger partial charge in [0.25, 0.3) is 51.6 Å². The van der Waals surface area contributed by atoms with Crippen molar-refractivity contribution in [1.82, 2.24) is 31.9 Å². The van der Waals surface area contributed by atoms with Crippen LogP contribution in [0.5, 0.6) is 0 Å². The van der Waals surface area contributed by atoms with Crippen LogP contribution in [0.2, 0.25) is 0 Å². The van der Waals surface area contributed by atoms with Gasteiger partial charge in [0.15, 0.2) is 6.10 Å². The number of benzene rings is 1. The van der Waals surface area contributed by atoms with Gasteiger partial charge in [-0.1, -0.05) is 45.7 Å². The first kappa shape index (κ1) is 62.4. The fourth-order valence-corrected chi connectivity index (χ4v) is 14.1. The predicted octanol–water partition coefficient (Wildman–Crippen LogP) is 28.2. The van der Waals surface area contributed by atoms with Gasteiger partial charge in [0, 0.05) is 211 Å². The number of ether oxygens (including phenoxy) is 5. The Morgan fingerprint density at radius 2 is 0.732 bits per heavy atom. The fraction of sp³-hybridized carbons (Fsp3) is 0.855. The summed E-state index contributed by atoms with van der Waals surface area (Å²) in [4.78, 5) is 65.2. The third kappa shape index (κ3) is 41.5. The lowest BCUT2D eigenvalue weighted by atomic mass is 9.87. The van der Waals surface area contributed by atoms with Gasteiger partial charge in [-0.3, -0.25) is 4.18 Å². The average Bonchev–Trinajstić information content (AvgIpc) is 0.864. The van der Waals surface area contributed by atoms with Crippen molar-refractivity contribution in [3.8, 4) is 0 Å². The molecule has 0 unspecified atom stereocenters. The molecule has 11 N–H and O–H groups in total. The van der Waals surface area contributed by atoms with Crippen molar-refractivity contribution in [3.63, 3.8) is 0 Å². The van der Waals surface area contributed by atoms with Gasteiger partial charge in [-0.25, -0.2) is 85.4 Å². The van der Waals surface area contributed by atoms with Gasteiger partial charge in [-0.15, -0.1) is 0 Å². The van der Waals surface area contributed by atoms with Gasteiger partial charge in [-0.2, -0.15) is 8.42 Å². The van der Waals surface area contributed by atoms with Crippen LogP contribution >= 0.6 is 0 Å². The molecule has 7 aliphatic rings. The molecule has 7 fully saturated rings. The van der Waals surface area contributed by atoms with Crippen molar-refractivity contribution in [1.29, 1.82) is 0 Å². The molecule has 32 nitrogen and oxygen atoms in total. The minimum Gasteiger partial charge on any atom is -0.444 e. The number of hydrogen-bond acceptors (Lipinski definition) is 21. The molecule has 0 radical (unpaired) electrons. The number of rotatable bonds is 13. The zero-order valence-corrected chi connectivity index (χ0v) is 73.2. The van der Waals surface area contributed by atoms with Crippen LogP contribution in [-0.4, -0.2) is 215 Å². The highest BCUT2D eigenvalue weighted by atomic mass is 32.2. The maximum Gasteiger partial charge on any atom is 0.408 e. The van der Waals surface area contributed by atoms with Gasteiger partial charge in [0.2, 0.25) is 0 Å². The number of halogens is 14. The van der Waals surface area contributed by atoms with Crippen molar-refractivity contribution in [2.75, 3.05) is 6.26 Å². The number of amides is 5. The highest BCUT2D eigenvalue weighted by Gasteiger charge is 2.54. The molecular formula is C76H210F14N16O16S. The summed E-state index contributed by atoms with van der Waals surface area (Å²) < 4.78 is 630. The van der Waals surface area contributed by atoms with E-state index in [4.69, 9.17) is 167 Å². The van der Waals surface area contributed by atoms with E-state index >= 15 is 0 Å². The molecule has 0 aromatic heterocycles. The Hall–Kier alpha value is -7.77. The van der Waals surface area contributed by atoms with E-state index in [1.807, 2.05) is 37.3 Å². The summed E-state index contributed by atoms with van der Waals surface area (Å²) >= 11 is 0. The average molecular weight is 1990 g/mol. The summed E-state index contributed by atoms with van der Waals surface area (Å²) in [6.45, 7) is 26.8. The summed E-state index contributed by atoms with van der Waals surface area (Å²) in [5.74, 6) is -21.7. The third-order valence-corrected chi connectivity index (χ3v) is 19.5. The van der Waals surface area contributed by atoms with Crippen LogP contribution < -0.4 is 37.6 Å². The molecule has 0 saturated heterocycles. The normalized spacial score (nSPS) is 30.5. The molecule has 0 spiro atoms. The highest BCUT2D eigenvalue weighted by Crippen LogP contribution is 2.42. The van der Waals surface area contributed by atoms with Gasteiger partial charge in [0.05, 0.1) is 24.4 Å². The van der Waals surface area contributed by atoms with E-state index in [1.165, 1.54) is 0 Å². The van der Waals surface area contributed by atoms with Crippen molar-refractivity contribution in [2.45, 2.75) is 406 Å². The van der Waals surface area contributed by atoms with E-state index in [0.717, 1.165) is 5.56 Å². The Bertz CT molecular complexity index is 3900. The second-order valence-corrected chi connectivity index (χ2v) is 37.5. The Morgan fingerprint density at radius 1 is 0.439 bits per heavy atom. The molecule has 0 bridgehead atoms. The number of aliphatic hydroxyl groups is 3. The number of nitrogens with zero attached hydrogens (tertiary/aromatic N) is 9. The van der Waals surface area contributed by atoms with Crippen LogP contribution in [0.4, 0.5) is 85.4 Å². The number of alkyl carbamates (subject to hydrolysis) is 5. The third-order valence-electron chi connectivity index (χ3n) is 19.0. The van der Waals surface area contributed by atoms with Crippen LogP contribution in [0.25, 0.3) is 31.3 Å². The second kappa shape index (κ2) is 46.6. The Kier molecular flexibility index (Phi) is 23.7. The Morgan fingerprint density at radius 3 is 1.09 bits per heavy atom. The largest absolute Gasteiger partial charge is 0.444 e. The maximum atomic E-state index is 13.9. The number of nitrogens with two attached hydrogens (primary N) is 1. The van der Waals surface area contributed by atoms with Crippen LogP contribution in [0, 0.1) is 0 Å². The van der Waals surface area contributed by atoms with E-state index in [9.17, 15) is 104 Å². The predicted molar refractivity (Wildman–Crippen MR) is 515 cm³/mol. The van der Waals surface area contributed by atoms with E-state index < -0.39 is 201 Å². The molecule has 7 saturated carbocycles. The Balaban J connectivity index is -0.0000000349. The maximum absolute atomic E-state index is 13.9. The standard InChI is InChI=1S/C14H19F2NO.C12H21F2NO5S.3C11H18F2N4O2.C11H19F2NO3.C6H11F2NO.43H2/c1-10(11-6-3-2-4-7-11)17-12-8-5-9-14(15,16)13(12)18;1-11(2,3)19-10(16)15-8-6-5-7-12(13,14)9(8)20-21(4,17)18;1-10(2,3)19-9(18)15-8-7(16-17-14)5-4-6-11(8,12)13;2*1-10(2,3)19-9(18)15-7-5-4-6-11(12,13)8(7)16-17-14;1-10(2,3)17-9(16)14-7-5-4-6-11(12,13)8(7)15;7-6(8)3-1-2-4(9)5(6)10;;;;;;;;;;;;;;;;;;;;;;;;;;;;;;;;;;;;;;;;;;;/h2-4,6-7,10,12-13,17-18H,5,8-9H2,1H3;8-9H,5-7H2,1-4H3,(H,15,16);3*7-8H,4-6H2,1-3H3,(H,15,18);7-8,15H,4-6H2,1-3H3,(H,14,16);4-5,10H,1-3,9H2;43*1H/t10-,12+,13-;8-,9+;7-,8+;2*7-,8-;7-,8+;4-,5+;;;;;;;;;;;;;;;;;;;;;;;;;;;;;;;;;;;;;;;;;;;/m1010000.........................................../s1/i;;;;;;;39*1+1D;4*1+1. The highest BCUT2D eigenvalue weighted by molar-refractivity contribution is 7.86. The number of alkyl halides is 14. The summed E-state index contributed by atoms with van der Waals surface area (Å²) in [5, 5.41) is 52.0. The van der Waals surface area contributed by atoms with Gasteiger partial charge >= 0.3 is 30.5 Å². The Labute approximate surface area is 833 Å². The molecule has 7 aliphatic carbocycles. The number of azide groups is 3. The quantitative estimate of drug-likeness (QED) is 0.0219. The fourth-order valence-electron chi connectivity index (χ4n) is 13.5. The minimum absolute atomic E-state index is 0. The van der Waals surface area contributed by atoms with Gasteiger partial charge < -0.3 is 76.6 Å². The minimum atomic E-state index is -4.07. The summed E-state index contributed by atoms with van der Waals surface area (Å²) in [5.41, 5.74) is 27.7. The first-order valence-electron chi connectivity index (χ1n) is 79.2. The lowest BCUT2D eigenvalue weighted by molar-refractivity contribution is -0.144. The number of carbonyl (C=O) groups is 5. The molecule has 8 rings (SSSR count). The lowest BCUT2D eigenvalue weighted by Gasteiger charge is -2.37. The van der Waals surface area contributed by atoms with Crippen molar-refractivity contribution in [2.24, 2.45) is 21.1 Å². The smallest absolute Gasteiger partial charge is 0.408 e. The summed E-state index contributed by atoms with van der Waals surface area (Å²) in [7, 11) is -4.07. The van der Waals surface area contributed by atoms with Crippen LogP contribution in [0.1, 0.15) is 379 Å². The molecule has 15 atom stereocenters. The topological polar surface area (TPSA) is 480 Å². The van der Waals surface area contributed by atoms with Crippen molar-refractivity contribution in [3.05, 3.63) is 67.2 Å². The van der Waals surface area contributed by atoms with Crippen molar-refractivity contribution < 1.29 is 259 Å². The van der Waals surface area contributed by atoms with Crippen molar-refractivity contribution >= 4 is 40.6 Å². The first-order chi connectivity index (χ1) is 94.9. The molecule has 0 heterocycles. The summed E-state index contributed by atoms with van der Waals surface area (Å²) in [6.07, 6.45) is -8.14. The van der Waals surface area contributed by atoms with E-state index in [-0.39, 0.29) is 88.8 Å². The molecule has 5 amide bonds. The van der Waals surface area contributed by atoms with E-state index in [1.54, 1.807) is 104 Å². The van der Waals surface area contributed by atoms with Gasteiger partial charge in [-0.05, 0) is 223 Å². The zero-order valence-electron chi connectivity index (χ0n) is 150. The number of hydrogen-bond donors (Lipinski definition) is 10. The van der Waals surface area contributed by atoms with E-state index in [2.05, 4.69) is 66.2 Å². The molecular weight excluding hydrogens is 1690 g/mol. The van der Waals surface area contributed by atoms with Gasteiger partial charge in [0.1, 0.15) is 64.4 Å². The SMILES string of the molecule is CC(C)(C)OC(=O)N[C@H]1CCCC(F)(F)[C@@H]1O.CC(C)(C)OC(=O)N[C@H]1CCCC(F)(F)[C@@H]1OS(C)(=O)=O.CC(C)(C)OC(=O)N[C@H]1CCCC(F)(F)[C@H]1N=[N+]=[N-].CC(C)(C)OC(=O)N[C@H]1CCCC(F)(F)[C@H]1N=[N+]=[N-].CC(C)(C)OC(=O)N[C@H]1[C@H](N=[N+]=[N-])CCCC1(F)F.C[C@@H](N[C@H]1CCCC(F)(F)[C@@H]1O)c1ccccc1.N[C@H]1CCCC(F)(F)[C@@H]1O.[2HH].[2HH].[2HH].[2HH].[2H][2H].[2H][2H].[2H][2H].[2H][2H].[2H][2H].[2H][2H].[2H][2H].[2H][2H].[2H][2H].[2H][2H].[2H][2H].[2H][2H].[2H][2H].[2H][2H].[2H][2H].[2H][2H].[2H][2H].[2H][2H].[2H][2H].[2H][2H].[2H][2H].[2H][2H].[2H][2H].[2H][2H].[2H][2H].[2H][2H].[2H][2H].[2H][2H].[2H][2H].[2H][2H].[2H][2H].[2H][2H].[2H][2H].[2H][2H].[2H][2H].[2H][2H].[2H][2H].[2H][2H].[2H][2H].